The van der Waals surface area contributed by atoms with Crippen molar-refractivity contribution in [3.8, 4) is 0 Å². The zero-order valence-corrected chi connectivity index (χ0v) is 12.6. The van der Waals surface area contributed by atoms with Crippen molar-refractivity contribution in [3.05, 3.63) is 63.1 Å². The molecule has 0 aromatic heterocycles. The number of rotatable bonds is 3. The van der Waals surface area contributed by atoms with E-state index >= 15 is 0 Å². The Kier molecular flexibility index (Phi) is 4.07. The maximum Gasteiger partial charge on any atom is 0.0403 e. The Bertz CT molecular complexity index is 510. The van der Waals surface area contributed by atoms with Crippen molar-refractivity contribution in [1.82, 2.24) is 0 Å². The molecule has 0 atom stereocenters. The average Bonchev–Trinajstić information content (AvgIpc) is 2.30. The molecule has 0 fully saturated rings. The first-order chi connectivity index (χ1) is 8.56. The van der Waals surface area contributed by atoms with Gasteiger partial charge in [0, 0.05) is 16.7 Å². The van der Waals surface area contributed by atoms with E-state index in [0.29, 0.717) is 0 Å². The molecule has 0 amide bonds. The summed E-state index contributed by atoms with van der Waals surface area (Å²) in [4.78, 5) is 0. The molecule has 18 heavy (non-hydrogen) atoms. The van der Waals surface area contributed by atoms with Crippen LogP contribution in [0.15, 0.2) is 40.9 Å². The molecular formula is C16H18BrN. The van der Waals surface area contributed by atoms with Gasteiger partial charge in [-0.25, -0.2) is 0 Å². The Morgan fingerprint density at radius 1 is 0.944 bits per heavy atom. The fourth-order valence-corrected chi connectivity index (χ4v) is 2.54. The summed E-state index contributed by atoms with van der Waals surface area (Å²) >= 11 is 3.48. The van der Waals surface area contributed by atoms with Crippen LogP contribution in [0.3, 0.4) is 0 Å². The van der Waals surface area contributed by atoms with Gasteiger partial charge in [-0.05, 0) is 55.7 Å². The molecule has 0 radical (unpaired) electrons. The predicted octanol–water partition coefficient (Wildman–Crippen LogP) is 4.99. The highest BCUT2D eigenvalue weighted by molar-refractivity contribution is 9.10. The van der Waals surface area contributed by atoms with Gasteiger partial charge in [0.2, 0.25) is 0 Å². The van der Waals surface area contributed by atoms with Crippen LogP contribution in [0.4, 0.5) is 5.69 Å². The highest BCUT2D eigenvalue weighted by Gasteiger charge is 2.01. The molecule has 0 unspecified atom stereocenters. The lowest BCUT2D eigenvalue weighted by Gasteiger charge is -2.12. The van der Waals surface area contributed by atoms with E-state index in [4.69, 9.17) is 0 Å². The fourth-order valence-electron chi connectivity index (χ4n) is 2.06. The monoisotopic (exact) mass is 303 g/mol. The SMILES string of the molecule is Cc1ccc(CNc2ccc(Br)cc2C)c(C)c1. The molecular weight excluding hydrogens is 286 g/mol. The first-order valence-corrected chi connectivity index (χ1v) is 6.92. The van der Waals surface area contributed by atoms with Crippen molar-refractivity contribution in [1.29, 1.82) is 0 Å². The van der Waals surface area contributed by atoms with Crippen molar-refractivity contribution in [2.75, 3.05) is 5.32 Å². The van der Waals surface area contributed by atoms with Crippen LogP contribution >= 0.6 is 15.9 Å². The van der Waals surface area contributed by atoms with E-state index in [9.17, 15) is 0 Å². The average molecular weight is 304 g/mol. The number of nitrogens with one attached hydrogen (secondary N) is 1. The number of hydrogen-bond acceptors (Lipinski definition) is 1. The lowest BCUT2D eigenvalue weighted by Crippen LogP contribution is -2.02. The second-order valence-electron chi connectivity index (χ2n) is 4.74. The summed E-state index contributed by atoms with van der Waals surface area (Å²) in [6.45, 7) is 7.28. The summed E-state index contributed by atoms with van der Waals surface area (Å²) in [5.41, 5.74) is 6.46. The summed E-state index contributed by atoms with van der Waals surface area (Å²) in [6.07, 6.45) is 0. The third kappa shape index (κ3) is 3.14. The van der Waals surface area contributed by atoms with Crippen LogP contribution in [0.25, 0.3) is 0 Å². The summed E-state index contributed by atoms with van der Waals surface area (Å²) in [6, 6.07) is 12.9. The molecule has 0 aliphatic heterocycles. The molecule has 0 bridgehead atoms. The molecule has 0 aliphatic carbocycles. The molecule has 2 aromatic carbocycles. The first kappa shape index (κ1) is 13.2. The lowest BCUT2D eigenvalue weighted by molar-refractivity contribution is 1.11. The Balaban J connectivity index is 2.11. The fraction of sp³-hybridized carbons (Fsp3) is 0.250. The first-order valence-electron chi connectivity index (χ1n) is 6.12. The largest absolute Gasteiger partial charge is 0.381 e. The Morgan fingerprint density at radius 2 is 1.72 bits per heavy atom. The smallest absolute Gasteiger partial charge is 0.0403 e. The van der Waals surface area contributed by atoms with Gasteiger partial charge in [0.15, 0.2) is 0 Å². The second-order valence-corrected chi connectivity index (χ2v) is 5.66. The van der Waals surface area contributed by atoms with Gasteiger partial charge < -0.3 is 5.32 Å². The molecule has 0 spiro atoms. The molecule has 2 rings (SSSR count). The van der Waals surface area contributed by atoms with Gasteiger partial charge in [-0.1, -0.05) is 39.7 Å². The third-order valence-corrected chi connectivity index (χ3v) is 3.65. The van der Waals surface area contributed by atoms with E-state index in [2.05, 4.69) is 78.4 Å². The zero-order chi connectivity index (χ0) is 13.1. The molecule has 2 aromatic rings. The van der Waals surface area contributed by atoms with Crippen molar-refractivity contribution in [2.24, 2.45) is 0 Å². The predicted molar refractivity (Wildman–Crippen MR) is 82.1 cm³/mol. The van der Waals surface area contributed by atoms with Gasteiger partial charge in [-0.3, -0.25) is 0 Å². The minimum atomic E-state index is 0.870. The van der Waals surface area contributed by atoms with Crippen molar-refractivity contribution < 1.29 is 0 Å². The van der Waals surface area contributed by atoms with Crippen LogP contribution < -0.4 is 5.32 Å². The van der Waals surface area contributed by atoms with E-state index in [1.807, 2.05) is 0 Å². The summed E-state index contributed by atoms with van der Waals surface area (Å²) in [5, 5.41) is 3.50. The highest BCUT2D eigenvalue weighted by atomic mass is 79.9. The summed E-state index contributed by atoms with van der Waals surface area (Å²) < 4.78 is 1.12. The van der Waals surface area contributed by atoms with Gasteiger partial charge in [0.1, 0.15) is 0 Å². The standard InChI is InChI=1S/C16H18BrN/c1-11-4-5-14(12(2)8-11)10-18-16-7-6-15(17)9-13(16)3/h4-9,18H,10H2,1-3H3. The summed E-state index contributed by atoms with van der Waals surface area (Å²) in [7, 11) is 0. The van der Waals surface area contributed by atoms with Crippen molar-refractivity contribution >= 4 is 21.6 Å². The quantitative estimate of drug-likeness (QED) is 0.842. The van der Waals surface area contributed by atoms with E-state index in [1.54, 1.807) is 0 Å². The normalized spacial score (nSPS) is 10.4. The van der Waals surface area contributed by atoms with E-state index in [0.717, 1.165) is 11.0 Å². The van der Waals surface area contributed by atoms with E-state index in [1.165, 1.54) is 27.9 Å². The van der Waals surface area contributed by atoms with Crippen molar-refractivity contribution in [3.63, 3.8) is 0 Å². The van der Waals surface area contributed by atoms with Gasteiger partial charge in [0.25, 0.3) is 0 Å². The molecule has 2 heteroatoms. The van der Waals surface area contributed by atoms with Crippen LogP contribution in [-0.4, -0.2) is 0 Å². The maximum absolute atomic E-state index is 3.50. The topological polar surface area (TPSA) is 12.0 Å². The van der Waals surface area contributed by atoms with Crippen LogP contribution in [0.1, 0.15) is 22.3 Å². The Hall–Kier alpha value is -1.28. The highest BCUT2D eigenvalue weighted by Crippen LogP contribution is 2.21. The summed E-state index contributed by atoms with van der Waals surface area (Å²) in [5.74, 6) is 0. The van der Waals surface area contributed by atoms with E-state index < -0.39 is 0 Å². The minimum absolute atomic E-state index is 0.870. The van der Waals surface area contributed by atoms with Gasteiger partial charge in [-0.2, -0.15) is 0 Å². The number of benzene rings is 2. The maximum atomic E-state index is 3.50. The molecule has 0 saturated carbocycles. The van der Waals surface area contributed by atoms with Crippen LogP contribution in [-0.2, 0) is 6.54 Å². The number of halogens is 1. The lowest BCUT2D eigenvalue weighted by atomic mass is 10.1. The number of hydrogen-bond donors (Lipinski definition) is 1. The third-order valence-electron chi connectivity index (χ3n) is 3.16. The molecule has 1 nitrogen and oxygen atoms in total. The Labute approximate surface area is 117 Å². The number of aryl methyl sites for hydroxylation is 3. The van der Waals surface area contributed by atoms with Crippen LogP contribution in [0.2, 0.25) is 0 Å². The van der Waals surface area contributed by atoms with Crippen molar-refractivity contribution in [2.45, 2.75) is 27.3 Å². The Morgan fingerprint density at radius 3 is 2.39 bits per heavy atom. The zero-order valence-electron chi connectivity index (χ0n) is 11.0. The molecule has 0 aliphatic rings. The molecule has 94 valence electrons. The van der Waals surface area contributed by atoms with Crippen LogP contribution in [0.5, 0.6) is 0 Å². The van der Waals surface area contributed by atoms with Crippen LogP contribution in [0, 0.1) is 20.8 Å². The number of anilines is 1. The minimum Gasteiger partial charge on any atom is -0.381 e. The molecule has 0 heterocycles. The molecule has 0 saturated heterocycles. The molecule has 1 N–H and O–H groups in total. The van der Waals surface area contributed by atoms with Gasteiger partial charge in [0.05, 0.1) is 0 Å². The van der Waals surface area contributed by atoms with Gasteiger partial charge in [-0.15, -0.1) is 0 Å². The van der Waals surface area contributed by atoms with E-state index in [-0.39, 0.29) is 0 Å². The van der Waals surface area contributed by atoms with Gasteiger partial charge >= 0.3 is 0 Å². The second kappa shape index (κ2) is 5.57.